The van der Waals surface area contributed by atoms with Gasteiger partial charge in [-0.25, -0.2) is 0 Å². The molecular weight excluding hydrogens is 366 g/mol. The predicted molar refractivity (Wildman–Crippen MR) is 110 cm³/mol. The molecule has 29 heavy (non-hydrogen) atoms. The Bertz CT molecular complexity index is 864. The van der Waals surface area contributed by atoms with Crippen LogP contribution in [0.1, 0.15) is 43.2 Å². The van der Waals surface area contributed by atoms with Crippen molar-refractivity contribution in [2.45, 2.75) is 44.8 Å². The monoisotopic (exact) mass is 393 g/mol. The molecule has 0 bridgehead atoms. The minimum atomic E-state index is -0.798. The van der Waals surface area contributed by atoms with E-state index in [-0.39, 0.29) is 23.8 Å². The van der Waals surface area contributed by atoms with Crippen LogP contribution in [0.2, 0.25) is 0 Å². The molecule has 2 aromatic carbocycles. The summed E-state index contributed by atoms with van der Waals surface area (Å²) in [7, 11) is 0. The Morgan fingerprint density at radius 2 is 1.79 bits per heavy atom. The Balaban J connectivity index is 1.33. The number of carbonyl (C=O) groups is 2. The summed E-state index contributed by atoms with van der Waals surface area (Å²) in [6.07, 6.45) is 2.25. The number of piperidine rings is 1. The normalized spacial score (nSPS) is 26.0. The lowest BCUT2D eigenvalue weighted by atomic mass is 9.93. The third-order valence-corrected chi connectivity index (χ3v) is 6.18. The van der Waals surface area contributed by atoms with Gasteiger partial charge in [-0.3, -0.25) is 9.59 Å². The second-order valence-electron chi connectivity index (χ2n) is 8.24. The molecule has 0 spiro atoms. The summed E-state index contributed by atoms with van der Waals surface area (Å²) in [4.78, 5) is 26.1. The molecule has 152 valence electrons. The molecule has 5 heteroatoms. The molecule has 2 aromatic rings. The van der Waals surface area contributed by atoms with Gasteiger partial charge in [0, 0.05) is 18.5 Å². The van der Waals surface area contributed by atoms with E-state index in [1.165, 1.54) is 0 Å². The molecular formula is C24H27NO4. The average molecular weight is 393 g/mol. The van der Waals surface area contributed by atoms with Crippen LogP contribution in [0.15, 0.2) is 54.6 Å². The van der Waals surface area contributed by atoms with Gasteiger partial charge in [0.2, 0.25) is 5.91 Å². The maximum Gasteiger partial charge on any atom is 0.308 e. The van der Waals surface area contributed by atoms with E-state index in [2.05, 4.69) is 0 Å². The first-order chi connectivity index (χ1) is 14.0. The number of hydrogen-bond donors (Lipinski definition) is 1. The molecule has 4 rings (SSSR count). The highest BCUT2D eigenvalue weighted by Gasteiger charge is 2.47. The lowest BCUT2D eigenvalue weighted by Gasteiger charge is -2.36. The molecule has 1 aliphatic heterocycles. The topological polar surface area (TPSA) is 66.8 Å². The molecule has 1 heterocycles. The van der Waals surface area contributed by atoms with Crippen molar-refractivity contribution >= 4 is 11.9 Å². The number of likely N-dealkylation sites (tertiary alicyclic amines) is 1. The summed E-state index contributed by atoms with van der Waals surface area (Å²) >= 11 is 0. The second-order valence-corrected chi connectivity index (χ2v) is 8.24. The zero-order valence-electron chi connectivity index (χ0n) is 16.7. The Kier molecular flexibility index (Phi) is 5.56. The van der Waals surface area contributed by atoms with Crippen molar-refractivity contribution < 1.29 is 19.4 Å². The quantitative estimate of drug-likeness (QED) is 0.803. The highest BCUT2D eigenvalue weighted by molar-refractivity contribution is 5.84. The Labute approximate surface area is 171 Å². The number of benzene rings is 2. The molecule has 4 atom stereocenters. The number of carboxylic acids is 1. The van der Waals surface area contributed by atoms with Crippen LogP contribution < -0.4 is 4.74 Å². The standard InChI is InChI=1S/C24H27NO4/c1-16-7-8-19(24(27)28)14-25(16)23(26)22-13-21(22)18-9-11-20(12-10-18)29-15-17-5-3-2-4-6-17/h2-6,9-12,16,19,21-22H,7-8,13-15H2,1H3,(H,27,28). The van der Waals surface area contributed by atoms with E-state index in [1.54, 1.807) is 4.90 Å². The van der Waals surface area contributed by atoms with Gasteiger partial charge in [-0.05, 0) is 55.4 Å². The van der Waals surface area contributed by atoms with Crippen molar-refractivity contribution in [2.75, 3.05) is 6.54 Å². The van der Waals surface area contributed by atoms with Gasteiger partial charge in [-0.1, -0.05) is 42.5 Å². The summed E-state index contributed by atoms with van der Waals surface area (Å²) in [6.45, 7) is 2.89. The van der Waals surface area contributed by atoms with Crippen molar-refractivity contribution in [2.24, 2.45) is 11.8 Å². The number of carbonyl (C=O) groups excluding carboxylic acids is 1. The molecule has 5 nitrogen and oxygen atoms in total. The van der Waals surface area contributed by atoms with Gasteiger partial charge in [-0.2, -0.15) is 0 Å². The minimum absolute atomic E-state index is 0.0268. The Hall–Kier alpha value is -2.82. The van der Waals surface area contributed by atoms with Crippen LogP contribution in [-0.4, -0.2) is 34.5 Å². The lowest BCUT2D eigenvalue weighted by molar-refractivity contribution is -0.147. The van der Waals surface area contributed by atoms with Gasteiger partial charge in [-0.15, -0.1) is 0 Å². The SMILES string of the molecule is CC1CCC(C(=O)O)CN1C(=O)C1CC1c1ccc(OCc2ccccc2)cc1. The lowest BCUT2D eigenvalue weighted by Crippen LogP contribution is -2.48. The van der Waals surface area contributed by atoms with E-state index in [0.717, 1.165) is 29.7 Å². The number of ether oxygens (including phenoxy) is 1. The van der Waals surface area contributed by atoms with Gasteiger partial charge < -0.3 is 14.7 Å². The molecule has 0 radical (unpaired) electrons. The first-order valence-corrected chi connectivity index (χ1v) is 10.3. The fourth-order valence-corrected chi connectivity index (χ4v) is 4.22. The highest BCUT2D eigenvalue weighted by atomic mass is 16.5. The molecule has 2 aliphatic rings. The van der Waals surface area contributed by atoms with Crippen LogP contribution >= 0.6 is 0 Å². The second kappa shape index (κ2) is 8.27. The van der Waals surface area contributed by atoms with E-state index in [1.807, 2.05) is 61.5 Å². The predicted octanol–water partition coefficient (Wildman–Crippen LogP) is 4.08. The number of aliphatic carboxylic acids is 1. The molecule has 1 amide bonds. The van der Waals surface area contributed by atoms with Crippen LogP contribution in [0.4, 0.5) is 0 Å². The van der Waals surface area contributed by atoms with Crippen molar-refractivity contribution in [1.29, 1.82) is 0 Å². The largest absolute Gasteiger partial charge is 0.489 e. The fourth-order valence-electron chi connectivity index (χ4n) is 4.22. The molecule has 2 fully saturated rings. The number of amides is 1. The Morgan fingerprint density at radius 3 is 2.48 bits per heavy atom. The molecule has 4 unspecified atom stereocenters. The highest BCUT2D eigenvalue weighted by Crippen LogP contribution is 2.49. The first kappa shape index (κ1) is 19.5. The molecule has 1 aliphatic carbocycles. The van der Waals surface area contributed by atoms with Crippen molar-refractivity contribution in [3.05, 3.63) is 65.7 Å². The first-order valence-electron chi connectivity index (χ1n) is 10.3. The van der Waals surface area contributed by atoms with Gasteiger partial charge >= 0.3 is 5.97 Å². The van der Waals surface area contributed by atoms with E-state index in [0.29, 0.717) is 19.6 Å². The summed E-state index contributed by atoms with van der Waals surface area (Å²) < 4.78 is 5.83. The van der Waals surface area contributed by atoms with Gasteiger partial charge in [0.25, 0.3) is 0 Å². The van der Waals surface area contributed by atoms with E-state index < -0.39 is 11.9 Å². The van der Waals surface area contributed by atoms with Crippen molar-refractivity contribution in [1.82, 2.24) is 4.90 Å². The maximum atomic E-state index is 13.0. The van der Waals surface area contributed by atoms with Crippen molar-refractivity contribution in [3.8, 4) is 5.75 Å². The van der Waals surface area contributed by atoms with Gasteiger partial charge in [0.15, 0.2) is 0 Å². The number of rotatable bonds is 6. The summed E-state index contributed by atoms with van der Waals surface area (Å²) in [5.41, 5.74) is 2.27. The zero-order chi connectivity index (χ0) is 20.4. The van der Waals surface area contributed by atoms with E-state index in [4.69, 9.17) is 4.74 Å². The van der Waals surface area contributed by atoms with Crippen LogP contribution in [0, 0.1) is 11.8 Å². The molecule has 1 N–H and O–H groups in total. The maximum absolute atomic E-state index is 13.0. The van der Waals surface area contributed by atoms with E-state index in [9.17, 15) is 14.7 Å². The number of hydrogen-bond acceptors (Lipinski definition) is 3. The number of carboxylic acid groups (broad SMARTS) is 1. The van der Waals surface area contributed by atoms with Crippen LogP contribution in [-0.2, 0) is 16.2 Å². The third kappa shape index (κ3) is 4.44. The zero-order valence-corrected chi connectivity index (χ0v) is 16.7. The van der Waals surface area contributed by atoms with Crippen LogP contribution in [0.25, 0.3) is 0 Å². The molecule has 0 aromatic heterocycles. The molecule has 1 saturated heterocycles. The average Bonchev–Trinajstić information content (AvgIpc) is 3.54. The fraction of sp³-hybridized carbons (Fsp3) is 0.417. The van der Waals surface area contributed by atoms with E-state index >= 15 is 0 Å². The summed E-state index contributed by atoms with van der Waals surface area (Å²) in [6, 6.07) is 18.2. The summed E-state index contributed by atoms with van der Waals surface area (Å²) in [5.74, 6) is -0.112. The number of nitrogens with zero attached hydrogens (tertiary/aromatic N) is 1. The summed E-state index contributed by atoms with van der Waals surface area (Å²) in [5, 5.41) is 9.30. The van der Waals surface area contributed by atoms with Gasteiger partial charge in [0.05, 0.1) is 5.92 Å². The van der Waals surface area contributed by atoms with Crippen LogP contribution in [0.5, 0.6) is 5.75 Å². The molecule has 1 saturated carbocycles. The Morgan fingerprint density at radius 1 is 1.07 bits per heavy atom. The minimum Gasteiger partial charge on any atom is -0.489 e. The van der Waals surface area contributed by atoms with Crippen molar-refractivity contribution in [3.63, 3.8) is 0 Å². The third-order valence-electron chi connectivity index (χ3n) is 6.18. The van der Waals surface area contributed by atoms with Gasteiger partial charge in [0.1, 0.15) is 12.4 Å². The smallest absolute Gasteiger partial charge is 0.308 e. The van der Waals surface area contributed by atoms with Crippen LogP contribution in [0.3, 0.4) is 0 Å².